The van der Waals surface area contributed by atoms with Crippen LogP contribution in [0, 0.1) is 5.41 Å². The van der Waals surface area contributed by atoms with Crippen molar-refractivity contribution in [2.45, 2.75) is 51.2 Å². The summed E-state index contributed by atoms with van der Waals surface area (Å²) in [6.45, 7) is 4.62. The van der Waals surface area contributed by atoms with E-state index in [1.165, 1.54) is 0 Å². The molecule has 20 heavy (non-hydrogen) atoms. The van der Waals surface area contributed by atoms with Crippen LogP contribution in [0.3, 0.4) is 0 Å². The van der Waals surface area contributed by atoms with E-state index in [4.69, 9.17) is 15.2 Å². The molecule has 1 aromatic heterocycles. The van der Waals surface area contributed by atoms with Gasteiger partial charge in [0.2, 0.25) is 0 Å². The standard InChI is InChI=1S/C15H27N3O2/c1-14(2)6-8-15(20-5,9-7-14)13(16)12-11(19-4)10-17-18(12)3/h10,13H,6-9,16H2,1-5H3. The number of ether oxygens (including phenoxy) is 2. The largest absolute Gasteiger partial charge is 0.493 e. The zero-order valence-electron chi connectivity index (χ0n) is 13.3. The van der Waals surface area contributed by atoms with Gasteiger partial charge < -0.3 is 15.2 Å². The maximum atomic E-state index is 6.56. The van der Waals surface area contributed by atoms with E-state index in [9.17, 15) is 0 Å². The maximum Gasteiger partial charge on any atom is 0.161 e. The Morgan fingerprint density at radius 1 is 1.25 bits per heavy atom. The molecule has 1 aliphatic carbocycles. The van der Waals surface area contributed by atoms with Crippen LogP contribution in [0.25, 0.3) is 0 Å². The van der Waals surface area contributed by atoms with Crippen molar-refractivity contribution in [2.24, 2.45) is 18.2 Å². The molecule has 1 heterocycles. The van der Waals surface area contributed by atoms with E-state index in [-0.39, 0.29) is 11.6 Å². The summed E-state index contributed by atoms with van der Waals surface area (Å²) < 4.78 is 13.1. The fourth-order valence-electron chi connectivity index (χ4n) is 3.18. The lowest BCUT2D eigenvalue weighted by Crippen LogP contribution is -2.48. The third-order valence-corrected chi connectivity index (χ3v) is 4.89. The average Bonchev–Trinajstić information content (AvgIpc) is 2.79. The van der Waals surface area contributed by atoms with E-state index in [2.05, 4.69) is 18.9 Å². The molecule has 1 aliphatic rings. The average molecular weight is 281 g/mol. The first kappa shape index (κ1) is 15.3. The summed E-state index contributed by atoms with van der Waals surface area (Å²) in [6, 6.07) is -0.231. The zero-order valence-corrected chi connectivity index (χ0v) is 13.3. The van der Waals surface area contributed by atoms with Crippen LogP contribution in [-0.4, -0.2) is 29.6 Å². The van der Waals surface area contributed by atoms with Gasteiger partial charge in [-0.05, 0) is 31.1 Å². The third kappa shape index (κ3) is 2.56. The van der Waals surface area contributed by atoms with Crippen LogP contribution in [-0.2, 0) is 11.8 Å². The molecule has 1 aromatic rings. The van der Waals surface area contributed by atoms with Crippen molar-refractivity contribution in [3.8, 4) is 5.75 Å². The molecule has 5 heteroatoms. The Hall–Kier alpha value is -1.07. The van der Waals surface area contributed by atoms with Crippen LogP contribution < -0.4 is 10.5 Å². The summed E-state index contributed by atoms with van der Waals surface area (Å²) in [7, 11) is 5.31. The first-order valence-corrected chi connectivity index (χ1v) is 7.22. The molecule has 0 aliphatic heterocycles. The minimum atomic E-state index is -0.323. The summed E-state index contributed by atoms with van der Waals surface area (Å²) in [5.74, 6) is 0.737. The summed E-state index contributed by atoms with van der Waals surface area (Å²) in [4.78, 5) is 0. The molecule has 1 saturated carbocycles. The van der Waals surface area contributed by atoms with Gasteiger partial charge in [0.05, 0.1) is 30.6 Å². The molecule has 0 bridgehead atoms. The van der Waals surface area contributed by atoms with E-state index < -0.39 is 0 Å². The molecule has 0 amide bonds. The molecule has 1 fully saturated rings. The van der Waals surface area contributed by atoms with Crippen LogP contribution in [0.5, 0.6) is 5.75 Å². The smallest absolute Gasteiger partial charge is 0.161 e. The van der Waals surface area contributed by atoms with Crippen LogP contribution in [0.1, 0.15) is 51.3 Å². The van der Waals surface area contributed by atoms with Gasteiger partial charge in [0.15, 0.2) is 5.75 Å². The quantitative estimate of drug-likeness (QED) is 0.920. The Balaban J connectivity index is 2.30. The molecular formula is C15H27N3O2. The Labute approximate surface area is 121 Å². The van der Waals surface area contributed by atoms with Gasteiger partial charge in [0, 0.05) is 14.2 Å². The molecule has 0 spiro atoms. The van der Waals surface area contributed by atoms with Crippen LogP contribution in [0.2, 0.25) is 0 Å². The topological polar surface area (TPSA) is 62.3 Å². The fourth-order valence-corrected chi connectivity index (χ4v) is 3.18. The summed E-state index contributed by atoms with van der Waals surface area (Å²) >= 11 is 0. The molecule has 2 N–H and O–H groups in total. The Morgan fingerprint density at radius 2 is 1.85 bits per heavy atom. The third-order valence-electron chi connectivity index (χ3n) is 4.89. The van der Waals surface area contributed by atoms with Crippen molar-refractivity contribution < 1.29 is 9.47 Å². The van der Waals surface area contributed by atoms with Crippen molar-refractivity contribution in [2.75, 3.05) is 14.2 Å². The SMILES string of the molecule is COc1cnn(C)c1C(N)C1(OC)CCC(C)(C)CC1. The van der Waals surface area contributed by atoms with Crippen molar-refractivity contribution in [1.29, 1.82) is 0 Å². The highest BCUT2D eigenvalue weighted by molar-refractivity contribution is 5.30. The second-order valence-corrected chi connectivity index (χ2v) is 6.63. The molecule has 1 atom stereocenters. The molecule has 1 unspecified atom stereocenters. The first-order valence-electron chi connectivity index (χ1n) is 7.22. The lowest BCUT2D eigenvalue weighted by atomic mass is 9.68. The van der Waals surface area contributed by atoms with Gasteiger partial charge >= 0.3 is 0 Å². The lowest BCUT2D eigenvalue weighted by molar-refractivity contribution is -0.0811. The van der Waals surface area contributed by atoms with Gasteiger partial charge in [0.1, 0.15) is 0 Å². The van der Waals surface area contributed by atoms with Crippen molar-refractivity contribution in [3.05, 3.63) is 11.9 Å². The van der Waals surface area contributed by atoms with Gasteiger partial charge in [-0.25, -0.2) is 0 Å². The second kappa shape index (κ2) is 5.37. The first-order chi connectivity index (χ1) is 9.35. The highest BCUT2D eigenvalue weighted by atomic mass is 16.5. The number of aryl methyl sites for hydroxylation is 1. The molecule has 2 rings (SSSR count). The monoisotopic (exact) mass is 281 g/mol. The highest BCUT2D eigenvalue weighted by Gasteiger charge is 2.45. The van der Waals surface area contributed by atoms with Gasteiger partial charge in [-0.15, -0.1) is 0 Å². The highest BCUT2D eigenvalue weighted by Crippen LogP contribution is 2.47. The minimum Gasteiger partial charge on any atom is -0.493 e. The van der Waals surface area contributed by atoms with E-state index in [1.807, 2.05) is 7.05 Å². The predicted octanol–water partition coefficient (Wildman–Crippen LogP) is 2.41. The number of nitrogens with two attached hydrogens (primary N) is 1. The van der Waals surface area contributed by atoms with Gasteiger partial charge in [-0.2, -0.15) is 5.10 Å². The lowest BCUT2D eigenvalue weighted by Gasteiger charge is -2.45. The summed E-state index contributed by atoms with van der Waals surface area (Å²) in [5.41, 5.74) is 7.52. The molecule has 0 saturated heterocycles. The van der Waals surface area contributed by atoms with Gasteiger partial charge in [0.25, 0.3) is 0 Å². The number of methoxy groups -OCH3 is 2. The van der Waals surface area contributed by atoms with Crippen LogP contribution >= 0.6 is 0 Å². The normalized spacial score (nSPS) is 22.5. The van der Waals surface area contributed by atoms with Crippen LogP contribution in [0.4, 0.5) is 0 Å². The molecule has 5 nitrogen and oxygen atoms in total. The van der Waals surface area contributed by atoms with Crippen molar-refractivity contribution >= 4 is 0 Å². The Kier molecular flexibility index (Phi) is 4.12. The maximum absolute atomic E-state index is 6.56. The second-order valence-electron chi connectivity index (χ2n) is 6.63. The molecular weight excluding hydrogens is 254 g/mol. The predicted molar refractivity (Wildman–Crippen MR) is 78.7 cm³/mol. The number of rotatable bonds is 4. The van der Waals surface area contributed by atoms with E-state index in [0.29, 0.717) is 5.41 Å². The van der Waals surface area contributed by atoms with Gasteiger partial charge in [-0.3, -0.25) is 4.68 Å². The number of aromatic nitrogens is 2. The Morgan fingerprint density at radius 3 is 2.35 bits per heavy atom. The van der Waals surface area contributed by atoms with Crippen molar-refractivity contribution in [1.82, 2.24) is 9.78 Å². The number of hydrogen-bond acceptors (Lipinski definition) is 4. The number of hydrogen-bond donors (Lipinski definition) is 1. The number of nitrogens with zero attached hydrogens (tertiary/aromatic N) is 2. The Bertz CT molecular complexity index is 458. The molecule has 114 valence electrons. The molecule has 0 radical (unpaired) electrons. The van der Waals surface area contributed by atoms with E-state index >= 15 is 0 Å². The van der Waals surface area contributed by atoms with E-state index in [1.54, 1.807) is 25.1 Å². The minimum absolute atomic E-state index is 0.231. The summed E-state index contributed by atoms with van der Waals surface area (Å²) in [5, 5.41) is 4.25. The van der Waals surface area contributed by atoms with Gasteiger partial charge in [-0.1, -0.05) is 13.8 Å². The zero-order chi connectivity index (χ0) is 15.0. The molecule has 0 aromatic carbocycles. The van der Waals surface area contributed by atoms with Crippen LogP contribution in [0.15, 0.2) is 6.20 Å². The van der Waals surface area contributed by atoms with E-state index in [0.717, 1.165) is 37.1 Å². The summed E-state index contributed by atoms with van der Waals surface area (Å²) in [6.07, 6.45) is 5.88. The fraction of sp³-hybridized carbons (Fsp3) is 0.800. The van der Waals surface area contributed by atoms with Crippen molar-refractivity contribution in [3.63, 3.8) is 0 Å².